The van der Waals surface area contributed by atoms with Gasteiger partial charge in [0.25, 0.3) is 5.56 Å². The quantitative estimate of drug-likeness (QED) is 0.502. The Morgan fingerprint density at radius 1 is 1.07 bits per heavy atom. The maximum Gasteiger partial charge on any atom is 0.332 e. The van der Waals surface area contributed by atoms with Crippen LogP contribution in [0.1, 0.15) is 10.4 Å². The van der Waals surface area contributed by atoms with E-state index in [1.807, 2.05) is 23.6 Å². The zero-order valence-electron chi connectivity index (χ0n) is 15.7. The van der Waals surface area contributed by atoms with Crippen LogP contribution in [-0.2, 0) is 24.3 Å². The van der Waals surface area contributed by atoms with Crippen LogP contribution in [0.2, 0.25) is 0 Å². The number of nitrogens with one attached hydrogen (secondary N) is 1. The van der Waals surface area contributed by atoms with Gasteiger partial charge in [0.1, 0.15) is 11.2 Å². The van der Waals surface area contributed by atoms with E-state index in [2.05, 4.69) is 5.32 Å². The summed E-state index contributed by atoms with van der Waals surface area (Å²) in [6, 6.07) is 14.1. The summed E-state index contributed by atoms with van der Waals surface area (Å²) in [5.74, 6) is -0.414. The summed E-state index contributed by atoms with van der Waals surface area (Å²) in [5.41, 5.74) is 0.499. The summed E-state index contributed by atoms with van der Waals surface area (Å²) in [7, 11) is 0. The first-order valence-electron chi connectivity index (χ1n) is 9.10. The Balaban J connectivity index is 1.65. The van der Waals surface area contributed by atoms with Crippen LogP contribution in [0.3, 0.4) is 0 Å². The van der Waals surface area contributed by atoms with Crippen molar-refractivity contribution in [3.63, 3.8) is 0 Å². The molecule has 3 heterocycles. The minimum Gasteiger partial charge on any atom is -0.324 e. The Morgan fingerprint density at radius 3 is 2.70 bits per heavy atom. The van der Waals surface area contributed by atoms with E-state index in [1.54, 1.807) is 47.0 Å². The third-order valence-corrected chi connectivity index (χ3v) is 6.40. The zero-order chi connectivity index (χ0) is 21.1. The first kappa shape index (κ1) is 19.8. The van der Waals surface area contributed by atoms with Crippen LogP contribution >= 0.6 is 22.7 Å². The highest BCUT2D eigenvalue weighted by Crippen LogP contribution is 2.16. The van der Waals surface area contributed by atoms with Gasteiger partial charge in [-0.1, -0.05) is 12.1 Å². The van der Waals surface area contributed by atoms with Gasteiger partial charge < -0.3 is 5.32 Å². The average Bonchev–Trinajstić information content (AvgIpc) is 3.43. The number of amides is 1. The monoisotopic (exact) mass is 436 g/mol. The van der Waals surface area contributed by atoms with Crippen LogP contribution < -0.4 is 16.6 Å². The molecule has 0 fully saturated rings. The van der Waals surface area contributed by atoms with Crippen molar-refractivity contribution in [3.05, 3.63) is 84.5 Å². The van der Waals surface area contributed by atoms with Crippen molar-refractivity contribution in [1.29, 1.82) is 5.26 Å². The second-order valence-corrected chi connectivity index (χ2v) is 8.48. The molecule has 0 unspecified atom stereocenters. The fourth-order valence-electron chi connectivity index (χ4n) is 3.17. The van der Waals surface area contributed by atoms with Gasteiger partial charge in [0.05, 0.1) is 17.1 Å². The normalized spacial score (nSPS) is 10.8. The van der Waals surface area contributed by atoms with Crippen molar-refractivity contribution in [1.82, 2.24) is 9.13 Å². The molecule has 30 heavy (non-hydrogen) atoms. The molecule has 4 aromatic rings. The third kappa shape index (κ3) is 3.96. The summed E-state index contributed by atoms with van der Waals surface area (Å²) in [6.07, 6.45) is 0.566. The molecule has 0 bridgehead atoms. The third-order valence-electron chi connectivity index (χ3n) is 4.58. The number of thiophene rings is 2. The number of hydrogen-bond acceptors (Lipinski definition) is 6. The summed E-state index contributed by atoms with van der Waals surface area (Å²) in [4.78, 5) is 39.5. The number of rotatable bonds is 6. The topological polar surface area (TPSA) is 96.9 Å². The van der Waals surface area contributed by atoms with E-state index < -0.39 is 11.6 Å². The molecule has 1 N–H and O–H groups in total. The van der Waals surface area contributed by atoms with Gasteiger partial charge in [0.2, 0.25) is 5.91 Å². The van der Waals surface area contributed by atoms with Crippen molar-refractivity contribution in [3.8, 4) is 6.07 Å². The molecule has 3 aromatic heterocycles. The minimum absolute atomic E-state index is 0.234. The van der Waals surface area contributed by atoms with Crippen molar-refractivity contribution in [2.75, 3.05) is 5.32 Å². The molecule has 0 aliphatic carbocycles. The maximum absolute atomic E-state index is 13.1. The number of hydrogen-bond donors (Lipinski definition) is 1. The molecule has 1 aromatic carbocycles. The van der Waals surface area contributed by atoms with Gasteiger partial charge in [0, 0.05) is 17.1 Å². The van der Waals surface area contributed by atoms with E-state index in [1.165, 1.54) is 20.5 Å². The second kappa shape index (κ2) is 8.49. The highest BCUT2D eigenvalue weighted by Gasteiger charge is 2.16. The second-order valence-electron chi connectivity index (χ2n) is 6.53. The van der Waals surface area contributed by atoms with Gasteiger partial charge in [-0.25, -0.2) is 4.79 Å². The van der Waals surface area contributed by atoms with Crippen molar-refractivity contribution >= 4 is 44.5 Å². The number of aryl methyl sites for hydroxylation is 1. The first-order chi connectivity index (χ1) is 14.6. The number of carbonyl (C=O) groups is 1. The Bertz CT molecular complexity index is 1370. The van der Waals surface area contributed by atoms with Gasteiger partial charge >= 0.3 is 5.69 Å². The number of benzene rings is 1. The van der Waals surface area contributed by atoms with Crippen LogP contribution in [0.15, 0.2) is 62.8 Å². The zero-order valence-corrected chi connectivity index (χ0v) is 17.3. The summed E-state index contributed by atoms with van der Waals surface area (Å²) in [5, 5.41) is 15.4. The summed E-state index contributed by atoms with van der Waals surface area (Å²) >= 11 is 2.82. The fraction of sp³-hybridized carbons (Fsp3) is 0.143. The predicted octanol–water partition coefficient (Wildman–Crippen LogP) is 3.04. The van der Waals surface area contributed by atoms with Crippen molar-refractivity contribution in [2.24, 2.45) is 0 Å². The molecule has 9 heteroatoms. The molecule has 0 atom stereocenters. The van der Waals surface area contributed by atoms with Crippen LogP contribution in [0.25, 0.3) is 10.2 Å². The minimum atomic E-state index is -0.511. The molecule has 0 saturated carbocycles. The Morgan fingerprint density at radius 2 is 1.93 bits per heavy atom. The molecule has 0 saturated heterocycles. The molecule has 7 nitrogen and oxygen atoms in total. The number of fused-ring (bicyclic) bond motifs is 1. The largest absolute Gasteiger partial charge is 0.332 e. The van der Waals surface area contributed by atoms with E-state index in [0.29, 0.717) is 27.9 Å². The molecular formula is C21H16N4O3S2. The van der Waals surface area contributed by atoms with Crippen LogP contribution in [0.5, 0.6) is 0 Å². The molecule has 4 rings (SSSR count). The van der Waals surface area contributed by atoms with Crippen LogP contribution in [0, 0.1) is 11.3 Å². The summed E-state index contributed by atoms with van der Waals surface area (Å²) < 4.78 is 2.97. The Labute approximate surface area is 179 Å². The van der Waals surface area contributed by atoms with Gasteiger partial charge in [0.15, 0.2) is 0 Å². The fourth-order valence-corrected chi connectivity index (χ4v) is 4.71. The lowest BCUT2D eigenvalue weighted by Gasteiger charge is -2.12. The SMILES string of the molecule is N#Cc1cccc(NC(=O)Cn2c(=O)n(CCc3cccs3)c(=O)c3sccc32)c1. The van der Waals surface area contributed by atoms with Gasteiger partial charge in [-0.2, -0.15) is 5.26 Å². The van der Waals surface area contributed by atoms with E-state index in [0.717, 1.165) is 4.88 Å². The Hall–Kier alpha value is -3.48. The van der Waals surface area contributed by atoms with Crippen LogP contribution in [0.4, 0.5) is 5.69 Å². The number of aromatic nitrogens is 2. The van der Waals surface area contributed by atoms with E-state index in [4.69, 9.17) is 5.26 Å². The lowest BCUT2D eigenvalue weighted by Crippen LogP contribution is -2.41. The number of nitrogens with zero attached hydrogens (tertiary/aromatic N) is 3. The lowest BCUT2D eigenvalue weighted by atomic mass is 10.2. The molecule has 150 valence electrons. The number of anilines is 1. The van der Waals surface area contributed by atoms with Crippen molar-refractivity contribution < 1.29 is 4.79 Å². The predicted molar refractivity (Wildman–Crippen MR) is 118 cm³/mol. The highest BCUT2D eigenvalue weighted by atomic mass is 32.1. The molecule has 0 aliphatic rings. The molecule has 0 aliphatic heterocycles. The van der Waals surface area contributed by atoms with Crippen LogP contribution in [-0.4, -0.2) is 15.0 Å². The Kier molecular flexibility index (Phi) is 5.61. The molecule has 0 spiro atoms. The van der Waals surface area contributed by atoms with Gasteiger partial charge in [-0.15, -0.1) is 22.7 Å². The number of carbonyl (C=O) groups excluding carboxylic acids is 1. The smallest absolute Gasteiger partial charge is 0.324 e. The molecule has 0 radical (unpaired) electrons. The molecule has 1 amide bonds. The average molecular weight is 437 g/mol. The standard InChI is InChI=1S/C21H16N4O3S2/c22-12-14-3-1-4-15(11-14)23-18(26)13-25-17-7-10-30-19(17)20(27)24(21(25)28)8-6-16-5-2-9-29-16/h1-5,7,9-11H,6,8,13H2,(H,23,26). The highest BCUT2D eigenvalue weighted by molar-refractivity contribution is 7.17. The maximum atomic E-state index is 13.1. The van der Waals surface area contributed by atoms with Gasteiger partial charge in [-0.05, 0) is 47.5 Å². The lowest BCUT2D eigenvalue weighted by molar-refractivity contribution is -0.116. The first-order valence-corrected chi connectivity index (χ1v) is 10.9. The van der Waals surface area contributed by atoms with Gasteiger partial charge in [-0.3, -0.25) is 18.7 Å². The van der Waals surface area contributed by atoms with E-state index >= 15 is 0 Å². The summed E-state index contributed by atoms with van der Waals surface area (Å²) in [6.45, 7) is 0.0139. The van der Waals surface area contributed by atoms with E-state index in [9.17, 15) is 14.4 Å². The van der Waals surface area contributed by atoms with Crippen molar-refractivity contribution in [2.45, 2.75) is 19.5 Å². The molecular weight excluding hydrogens is 420 g/mol. The number of nitriles is 1. The van der Waals surface area contributed by atoms with E-state index in [-0.39, 0.29) is 18.6 Å².